The number of rotatable bonds is 4. The molecule has 1 atom stereocenters. The Morgan fingerprint density at radius 2 is 1.73 bits per heavy atom. The van der Waals surface area contributed by atoms with Crippen LogP contribution in [0.1, 0.15) is 64.2 Å². The molecule has 0 spiro atoms. The summed E-state index contributed by atoms with van der Waals surface area (Å²) < 4.78 is 0. The van der Waals surface area contributed by atoms with Gasteiger partial charge in [0.1, 0.15) is 6.04 Å². The first-order valence-corrected chi connectivity index (χ1v) is 10.7. The van der Waals surface area contributed by atoms with Crippen LogP contribution in [-0.4, -0.2) is 47.2 Å². The van der Waals surface area contributed by atoms with Crippen molar-refractivity contribution < 1.29 is 9.59 Å². The van der Waals surface area contributed by atoms with Crippen LogP contribution in [0.3, 0.4) is 0 Å². The number of nitrogens with one attached hydrogen (secondary N) is 1. The maximum atomic E-state index is 12.9. The zero-order valence-corrected chi connectivity index (χ0v) is 16.0. The van der Waals surface area contributed by atoms with E-state index in [1.165, 1.54) is 37.0 Å². The topological polar surface area (TPSA) is 78.4 Å². The summed E-state index contributed by atoms with van der Waals surface area (Å²) in [6.07, 6.45) is 10.5. The van der Waals surface area contributed by atoms with Gasteiger partial charge in [0.25, 0.3) is 0 Å². The van der Waals surface area contributed by atoms with Gasteiger partial charge < -0.3 is 10.2 Å². The van der Waals surface area contributed by atoms with Gasteiger partial charge in [-0.25, -0.2) is 0 Å². The van der Waals surface area contributed by atoms with Crippen molar-refractivity contribution in [3.05, 3.63) is 0 Å². The molecule has 0 bridgehead atoms. The highest BCUT2D eigenvalue weighted by molar-refractivity contribution is 7.19. The van der Waals surface area contributed by atoms with E-state index >= 15 is 0 Å². The summed E-state index contributed by atoms with van der Waals surface area (Å²) in [4.78, 5) is 28.6. The van der Waals surface area contributed by atoms with E-state index in [1.807, 2.05) is 0 Å². The molecule has 26 heavy (non-hydrogen) atoms. The Hall–Kier alpha value is -1.70. The monoisotopic (exact) mass is 377 g/mol. The molecule has 142 valence electrons. The number of anilines is 2. The Labute approximate surface area is 158 Å². The maximum Gasteiger partial charge on any atom is 0.243 e. The van der Waals surface area contributed by atoms with Gasteiger partial charge in [0, 0.05) is 25.6 Å². The lowest BCUT2D eigenvalue weighted by molar-refractivity contribution is -0.123. The summed E-state index contributed by atoms with van der Waals surface area (Å²) >= 11 is 1.43. The van der Waals surface area contributed by atoms with Crippen LogP contribution in [0, 0.1) is 0 Å². The highest BCUT2D eigenvalue weighted by atomic mass is 32.1. The van der Waals surface area contributed by atoms with Gasteiger partial charge in [-0.15, -0.1) is 10.2 Å². The van der Waals surface area contributed by atoms with Crippen molar-refractivity contribution in [2.75, 3.05) is 22.9 Å². The minimum atomic E-state index is -0.159. The number of aromatic nitrogens is 2. The Morgan fingerprint density at radius 1 is 0.962 bits per heavy atom. The fourth-order valence-electron chi connectivity index (χ4n) is 4.27. The summed E-state index contributed by atoms with van der Waals surface area (Å²) in [5, 5.41) is 13.2. The first-order valence-electron chi connectivity index (χ1n) is 9.93. The molecule has 0 radical (unpaired) electrons. The first kappa shape index (κ1) is 17.7. The second-order valence-electron chi connectivity index (χ2n) is 7.56. The molecule has 3 aliphatic rings. The summed E-state index contributed by atoms with van der Waals surface area (Å²) in [5.74, 6) is 0.250. The molecule has 7 nitrogen and oxygen atoms in total. The zero-order chi connectivity index (χ0) is 17.9. The molecule has 3 fully saturated rings. The first-order chi connectivity index (χ1) is 12.7. The van der Waals surface area contributed by atoms with Crippen molar-refractivity contribution in [2.24, 2.45) is 0 Å². The van der Waals surface area contributed by atoms with E-state index in [4.69, 9.17) is 0 Å². The van der Waals surface area contributed by atoms with E-state index < -0.39 is 0 Å². The van der Waals surface area contributed by atoms with E-state index in [2.05, 4.69) is 20.4 Å². The van der Waals surface area contributed by atoms with Crippen molar-refractivity contribution in [3.8, 4) is 0 Å². The lowest BCUT2D eigenvalue weighted by atomic mass is 10.1. The van der Waals surface area contributed by atoms with Gasteiger partial charge in [0.15, 0.2) is 0 Å². The molecule has 1 aliphatic carbocycles. The molecule has 2 amide bonds. The molecule has 4 rings (SSSR count). The minimum Gasteiger partial charge on any atom is -0.352 e. The van der Waals surface area contributed by atoms with Crippen molar-refractivity contribution in [1.82, 2.24) is 15.5 Å². The molecule has 1 aromatic heterocycles. The highest BCUT2D eigenvalue weighted by Gasteiger charge is 2.35. The van der Waals surface area contributed by atoms with Gasteiger partial charge in [-0.3, -0.25) is 14.5 Å². The summed E-state index contributed by atoms with van der Waals surface area (Å²) in [7, 11) is 0. The third kappa shape index (κ3) is 3.70. The zero-order valence-electron chi connectivity index (χ0n) is 15.2. The standard InChI is InChI=1S/C18H27N5O2S/c24-15-10-6-12-23(15)18-21-20-17(26-18)22-11-5-9-14(22)16(25)19-13-7-3-1-2-4-8-13/h13-14H,1-12H2,(H,19,25)/t14-/m0/s1. The quantitative estimate of drug-likeness (QED) is 0.816. The van der Waals surface area contributed by atoms with Gasteiger partial charge >= 0.3 is 0 Å². The molecule has 1 aromatic rings. The number of hydrogen-bond acceptors (Lipinski definition) is 6. The SMILES string of the molecule is O=C(NC1CCCCCC1)[C@@H]1CCCN1c1nnc(N2CCCC2=O)s1. The Balaban J connectivity index is 1.42. The van der Waals surface area contributed by atoms with Gasteiger partial charge in [-0.2, -0.15) is 0 Å². The molecule has 0 aromatic carbocycles. The van der Waals surface area contributed by atoms with Gasteiger partial charge in [0.2, 0.25) is 22.1 Å². The molecule has 3 heterocycles. The van der Waals surface area contributed by atoms with Crippen LogP contribution in [0.15, 0.2) is 0 Å². The van der Waals surface area contributed by atoms with E-state index in [0.29, 0.717) is 17.6 Å². The Kier molecular flexibility index (Phi) is 5.38. The van der Waals surface area contributed by atoms with Crippen LogP contribution in [0.2, 0.25) is 0 Å². The molecule has 1 N–H and O–H groups in total. The molecule has 1 saturated carbocycles. The van der Waals surface area contributed by atoms with Crippen molar-refractivity contribution in [1.29, 1.82) is 0 Å². The van der Waals surface area contributed by atoms with Crippen LogP contribution in [0.5, 0.6) is 0 Å². The number of carbonyl (C=O) groups excluding carboxylic acids is 2. The Morgan fingerprint density at radius 3 is 2.46 bits per heavy atom. The Bertz CT molecular complexity index is 656. The van der Waals surface area contributed by atoms with Gasteiger partial charge in [-0.1, -0.05) is 37.0 Å². The molecule has 0 unspecified atom stereocenters. The van der Waals surface area contributed by atoms with Crippen LogP contribution in [0.25, 0.3) is 0 Å². The van der Waals surface area contributed by atoms with E-state index in [1.54, 1.807) is 4.90 Å². The van der Waals surface area contributed by atoms with Crippen molar-refractivity contribution in [3.63, 3.8) is 0 Å². The molecular weight excluding hydrogens is 350 g/mol. The van der Waals surface area contributed by atoms with Crippen LogP contribution in [0.4, 0.5) is 10.3 Å². The van der Waals surface area contributed by atoms with Gasteiger partial charge in [-0.05, 0) is 32.1 Å². The van der Waals surface area contributed by atoms with Crippen LogP contribution < -0.4 is 15.1 Å². The van der Waals surface area contributed by atoms with Crippen LogP contribution in [-0.2, 0) is 9.59 Å². The van der Waals surface area contributed by atoms with Crippen LogP contribution >= 0.6 is 11.3 Å². The largest absolute Gasteiger partial charge is 0.352 e. The fraction of sp³-hybridized carbons (Fsp3) is 0.778. The molecule has 8 heteroatoms. The third-order valence-electron chi connectivity index (χ3n) is 5.71. The number of hydrogen-bond donors (Lipinski definition) is 1. The number of carbonyl (C=O) groups is 2. The second-order valence-corrected chi connectivity index (χ2v) is 8.50. The average molecular weight is 378 g/mol. The van der Waals surface area contributed by atoms with E-state index in [-0.39, 0.29) is 17.9 Å². The highest BCUT2D eigenvalue weighted by Crippen LogP contribution is 2.33. The van der Waals surface area contributed by atoms with E-state index in [0.717, 1.165) is 50.3 Å². The normalized spacial score (nSPS) is 24.9. The molecular formula is C18H27N5O2S. The molecule has 2 aliphatic heterocycles. The average Bonchev–Trinajstić information content (AvgIpc) is 3.33. The fourth-order valence-corrected chi connectivity index (χ4v) is 5.24. The van der Waals surface area contributed by atoms with Gasteiger partial charge in [0.05, 0.1) is 0 Å². The minimum absolute atomic E-state index is 0.122. The summed E-state index contributed by atoms with van der Waals surface area (Å²) in [6.45, 7) is 1.55. The molecule has 2 saturated heterocycles. The smallest absolute Gasteiger partial charge is 0.243 e. The van der Waals surface area contributed by atoms with Crippen molar-refractivity contribution in [2.45, 2.75) is 76.3 Å². The second kappa shape index (κ2) is 7.90. The lowest BCUT2D eigenvalue weighted by Crippen LogP contribution is -2.47. The summed E-state index contributed by atoms with van der Waals surface area (Å²) in [6, 6.07) is 0.160. The maximum absolute atomic E-state index is 12.9. The predicted molar refractivity (Wildman–Crippen MR) is 101 cm³/mol. The third-order valence-corrected chi connectivity index (χ3v) is 6.69. The number of amides is 2. The van der Waals surface area contributed by atoms with Crippen molar-refractivity contribution >= 4 is 33.4 Å². The van der Waals surface area contributed by atoms with E-state index in [9.17, 15) is 9.59 Å². The lowest BCUT2D eigenvalue weighted by Gasteiger charge is -2.25. The predicted octanol–water partition coefficient (Wildman–Crippen LogP) is 2.47. The number of nitrogens with zero attached hydrogens (tertiary/aromatic N) is 4. The summed E-state index contributed by atoms with van der Waals surface area (Å²) in [5.41, 5.74) is 0.